The number of benzene rings is 1. The summed E-state index contributed by atoms with van der Waals surface area (Å²) in [6.45, 7) is 8.92. The van der Waals surface area contributed by atoms with Crippen molar-refractivity contribution in [1.82, 2.24) is 14.9 Å². The van der Waals surface area contributed by atoms with Crippen LogP contribution in [0.1, 0.15) is 56.2 Å². The molecule has 0 atom stereocenters. The maximum atomic E-state index is 10.2. The Hall–Kier alpha value is -2.22. The van der Waals surface area contributed by atoms with Gasteiger partial charge in [0.25, 0.3) is 0 Å². The summed E-state index contributed by atoms with van der Waals surface area (Å²) in [6.07, 6.45) is 7.35. The van der Waals surface area contributed by atoms with Gasteiger partial charge in [0.05, 0.1) is 22.5 Å². The van der Waals surface area contributed by atoms with Crippen LogP contribution in [0.25, 0.3) is 10.9 Å². The van der Waals surface area contributed by atoms with Crippen LogP contribution in [-0.2, 0) is 6.54 Å². The lowest BCUT2D eigenvalue weighted by molar-refractivity contribution is 0.0351. The molecular formula is C27H35N5OS. The average molecular weight is 478 g/mol. The van der Waals surface area contributed by atoms with Crippen molar-refractivity contribution in [2.24, 2.45) is 0 Å². The largest absolute Gasteiger partial charge is 0.390 e. The molecule has 1 N–H and O–H groups in total. The number of thiazole rings is 1. The molecule has 0 radical (unpaired) electrons. The van der Waals surface area contributed by atoms with E-state index >= 15 is 0 Å². The first-order chi connectivity index (χ1) is 16.6. The molecule has 1 aliphatic carbocycles. The molecule has 34 heavy (non-hydrogen) atoms. The van der Waals surface area contributed by atoms with Crippen molar-refractivity contribution in [2.75, 3.05) is 49.1 Å². The highest BCUT2D eigenvalue weighted by Gasteiger charge is 2.31. The minimum Gasteiger partial charge on any atom is -0.390 e. The van der Waals surface area contributed by atoms with E-state index in [0.29, 0.717) is 5.92 Å². The molecule has 4 heterocycles. The molecule has 1 aromatic carbocycles. The topological polar surface area (TPSA) is 55.7 Å². The fraction of sp³-hybridized carbons (Fsp3) is 0.556. The van der Waals surface area contributed by atoms with E-state index in [0.717, 1.165) is 70.2 Å². The summed E-state index contributed by atoms with van der Waals surface area (Å²) in [5.74, 6) is 0.715. The zero-order valence-electron chi connectivity index (χ0n) is 20.1. The highest BCUT2D eigenvalue weighted by Crippen LogP contribution is 2.46. The van der Waals surface area contributed by atoms with Gasteiger partial charge in [-0.25, -0.2) is 4.98 Å². The summed E-state index contributed by atoms with van der Waals surface area (Å²) in [5.41, 5.74) is 4.72. The number of rotatable bonds is 5. The lowest BCUT2D eigenvalue weighted by atomic mass is 9.94. The van der Waals surface area contributed by atoms with Crippen LogP contribution in [-0.4, -0.2) is 64.8 Å². The van der Waals surface area contributed by atoms with Gasteiger partial charge in [0.2, 0.25) is 0 Å². The molecule has 0 bridgehead atoms. The number of anilines is 2. The quantitative estimate of drug-likeness (QED) is 0.578. The van der Waals surface area contributed by atoms with Gasteiger partial charge in [-0.3, -0.25) is 9.88 Å². The number of hydrogen-bond acceptors (Lipinski definition) is 7. The van der Waals surface area contributed by atoms with Gasteiger partial charge in [-0.15, -0.1) is 11.3 Å². The molecule has 6 rings (SSSR count). The molecule has 180 valence electrons. The fourth-order valence-electron chi connectivity index (χ4n) is 5.48. The van der Waals surface area contributed by atoms with Crippen molar-refractivity contribution in [1.29, 1.82) is 0 Å². The third-order valence-corrected chi connectivity index (χ3v) is 8.69. The molecule has 3 fully saturated rings. The second-order valence-electron chi connectivity index (χ2n) is 10.6. The minimum atomic E-state index is -0.520. The molecule has 2 saturated heterocycles. The first-order valence-corrected chi connectivity index (χ1v) is 13.7. The zero-order chi connectivity index (χ0) is 23.1. The Bertz CT molecular complexity index is 1150. The molecule has 3 aliphatic rings. The normalized spacial score (nSPS) is 21.7. The van der Waals surface area contributed by atoms with Crippen molar-refractivity contribution in [2.45, 2.75) is 57.1 Å². The molecule has 2 aromatic heterocycles. The molecule has 6 nitrogen and oxygen atoms in total. The third-order valence-electron chi connectivity index (χ3n) is 7.74. The van der Waals surface area contributed by atoms with Gasteiger partial charge in [-0.05, 0) is 56.6 Å². The predicted molar refractivity (Wildman–Crippen MR) is 140 cm³/mol. The van der Waals surface area contributed by atoms with E-state index in [4.69, 9.17) is 9.97 Å². The standard InChI is InChI=1S/C27H35N5OS/c1-27(33)9-14-32(15-10-27)26-29-22(19-34-26)18-30-12-3-13-31(17-16-30)25-23(20-5-6-20)8-7-21-4-2-11-28-24(21)25/h2,4,7-8,11,19-20,33H,3,5-6,9-10,12-18H2,1H3. The Morgan fingerprint density at radius 2 is 1.88 bits per heavy atom. The Balaban J connectivity index is 1.14. The van der Waals surface area contributed by atoms with E-state index in [2.05, 4.69) is 38.3 Å². The van der Waals surface area contributed by atoms with Gasteiger partial charge in [-0.1, -0.05) is 18.2 Å². The maximum absolute atomic E-state index is 10.2. The van der Waals surface area contributed by atoms with E-state index in [1.807, 2.05) is 19.2 Å². The van der Waals surface area contributed by atoms with E-state index in [9.17, 15) is 5.11 Å². The number of pyridine rings is 1. The van der Waals surface area contributed by atoms with Crippen molar-refractivity contribution >= 4 is 33.1 Å². The summed E-state index contributed by atoms with van der Waals surface area (Å²) >= 11 is 1.75. The Morgan fingerprint density at radius 1 is 1.03 bits per heavy atom. The zero-order valence-corrected chi connectivity index (χ0v) is 20.9. The van der Waals surface area contributed by atoms with Crippen LogP contribution in [0.4, 0.5) is 10.8 Å². The molecule has 0 unspecified atom stereocenters. The minimum absolute atomic E-state index is 0.520. The molecule has 1 saturated carbocycles. The lowest BCUT2D eigenvalue weighted by Crippen LogP contribution is -2.42. The van der Waals surface area contributed by atoms with Crippen LogP contribution < -0.4 is 9.80 Å². The van der Waals surface area contributed by atoms with E-state index < -0.39 is 5.60 Å². The summed E-state index contributed by atoms with van der Waals surface area (Å²) in [5, 5.41) is 14.8. The van der Waals surface area contributed by atoms with Crippen molar-refractivity contribution in [3.05, 3.63) is 47.1 Å². The Labute approximate surface area is 206 Å². The Morgan fingerprint density at radius 3 is 2.71 bits per heavy atom. The second kappa shape index (κ2) is 9.10. The summed E-state index contributed by atoms with van der Waals surface area (Å²) in [4.78, 5) is 17.3. The second-order valence-corrected chi connectivity index (χ2v) is 11.4. The van der Waals surface area contributed by atoms with E-state index in [-0.39, 0.29) is 0 Å². The third kappa shape index (κ3) is 4.66. The van der Waals surface area contributed by atoms with E-state index in [1.165, 1.54) is 40.7 Å². The van der Waals surface area contributed by atoms with Gasteiger partial charge in [0.15, 0.2) is 5.13 Å². The SMILES string of the molecule is CC1(O)CCN(c2nc(CN3CCCN(c4c(C5CC5)ccc5cccnc45)CC3)cs2)CC1. The Kier molecular flexibility index (Phi) is 5.95. The smallest absolute Gasteiger partial charge is 0.185 e. The highest BCUT2D eigenvalue weighted by molar-refractivity contribution is 7.13. The van der Waals surface area contributed by atoms with Crippen molar-refractivity contribution in [3.8, 4) is 0 Å². The monoisotopic (exact) mass is 477 g/mol. The lowest BCUT2D eigenvalue weighted by Gasteiger charge is -2.35. The van der Waals surface area contributed by atoms with Crippen LogP contribution in [0.2, 0.25) is 0 Å². The van der Waals surface area contributed by atoms with Crippen LogP contribution >= 0.6 is 11.3 Å². The average Bonchev–Trinajstić information content (AvgIpc) is 3.62. The van der Waals surface area contributed by atoms with Gasteiger partial charge in [0.1, 0.15) is 0 Å². The molecule has 0 amide bonds. The maximum Gasteiger partial charge on any atom is 0.185 e. The fourth-order valence-corrected chi connectivity index (χ4v) is 6.35. The van der Waals surface area contributed by atoms with Crippen LogP contribution in [0.3, 0.4) is 0 Å². The number of aliphatic hydroxyl groups is 1. The summed E-state index contributed by atoms with van der Waals surface area (Å²) in [7, 11) is 0. The van der Waals surface area contributed by atoms with Crippen molar-refractivity contribution in [3.63, 3.8) is 0 Å². The molecule has 3 aromatic rings. The number of fused-ring (bicyclic) bond motifs is 1. The first-order valence-electron chi connectivity index (χ1n) is 12.8. The highest BCUT2D eigenvalue weighted by atomic mass is 32.1. The first kappa shape index (κ1) is 22.3. The summed E-state index contributed by atoms with van der Waals surface area (Å²) in [6, 6.07) is 8.85. The van der Waals surface area contributed by atoms with E-state index in [1.54, 1.807) is 11.3 Å². The number of piperidine rings is 1. The van der Waals surface area contributed by atoms with Gasteiger partial charge in [-0.2, -0.15) is 0 Å². The number of hydrogen-bond donors (Lipinski definition) is 1. The van der Waals surface area contributed by atoms with Gasteiger partial charge >= 0.3 is 0 Å². The molecular weight excluding hydrogens is 442 g/mol. The predicted octanol–water partition coefficient (Wildman–Crippen LogP) is 4.63. The van der Waals surface area contributed by atoms with Gasteiger partial charge < -0.3 is 14.9 Å². The molecule has 2 aliphatic heterocycles. The van der Waals surface area contributed by atoms with Gasteiger partial charge in [0, 0.05) is 62.8 Å². The summed E-state index contributed by atoms with van der Waals surface area (Å²) < 4.78 is 0. The number of nitrogens with zero attached hydrogens (tertiary/aromatic N) is 5. The number of aromatic nitrogens is 2. The van der Waals surface area contributed by atoms with Crippen LogP contribution in [0.5, 0.6) is 0 Å². The van der Waals surface area contributed by atoms with Crippen molar-refractivity contribution < 1.29 is 5.11 Å². The molecule has 0 spiro atoms. The molecule has 7 heteroatoms. The van der Waals surface area contributed by atoms with Crippen LogP contribution in [0, 0.1) is 0 Å². The van der Waals surface area contributed by atoms with Crippen LogP contribution in [0.15, 0.2) is 35.8 Å².